The number of halogens is 1. The first-order chi connectivity index (χ1) is 12.0. The van der Waals surface area contributed by atoms with E-state index in [2.05, 4.69) is 5.32 Å². The summed E-state index contributed by atoms with van der Waals surface area (Å²) in [7, 11) is 0. The summed E-state index contributed by atoms with van der Waals surface area (Å²) in [6, 6.07) is 16.1. The molecule has 0 bridgehead atoms. The van der Waals surface area contributed by atoms with Crippen LogP contribution in [-0.4, -0.2) is 23.1 Å². The molecule has 2 N–H and O–H groups in total. The molecule has 0 aliphatic heterocycles. The maximum Gasteiger partial charge on any atom is 0.307 e. The van der Waals surface area contributed by atoms with Gasteiger partial charge in [-0.15, -0.1) is 0 Å². The fourth-order valence-corrected chi connectivity index (χ4v) is 2.42. The number of esters is 1. The number of carbonyl (C=O) groups excluding carboxylic acids is 1. The first kappa shape index (κ1) is 19.0. The number of aliphatic carboxylic acids is 1. The smallest absolute Gasteiger partial charge is 0.307 e. The molecule has 0 spiro atoms. The van der Waals surface area contributed by atoms with Gasteiger partial charge < -0.3 is 15.2 Å². The molecule has 25 heavy (non-hydrogen) atoms. The normalized spacial score (nSPS) is 11.7. The minimum Gasteiger partial charge on any atom is -0.481 e. The highest BCUT2D eigenvalue weighted by Crippen LogP contribution is 2.11. The van der Waals surface area contributed by atoms with Crippen molar-refractivity contribution < 1.29 is 19.4 Å². The highest BCUT2D eigenvalue weighted by atomic mass is 35.5. The van der Waals surface area contributed by atoms with E-state index in [1.807, 2.05) is 30.3 Å². The molecule has 0 aromatic heterocycles. The Morgan fingerprint density at radius 1 is 1.00 bits per heavy atom. The van der Waals surface area contributed by atoms with Gasteiger partial charge in [-0.2, -0.15) is 0 Å². The van der Waals surface area contributed by atoms with Gasteiger partial charge in [0.05, 0.1) is 12.8 Å². The summed E-state index contributed by atoms with van der Waals surface area (Å²) >= 11 is 5.81. The van der Waals surface area contributed by atoms with E-state index in [1.165, 1.54) is 0 Å². The zero-order chi connectivity index (χ0) is 18.1. The highest BCUT2D eigenvalue weighted by molar-refractivity contribution is 6.30. The van der Waals surface area contributed by atoms with E-state index >= 15 is 0 Å². The van der Waals surface area contributed by atoms with Crippen LogP contribution in [0.25, 0.3) is 0 Å². The zero-order valence-corrected chi connectivity index (χ0v) is 14.4. The van der Waals surface area contributed by atoms with E-state index in [4.69, 9.17) is 21.4 Å². The lowest BCUT2D eigenvalue weighted by molar-refractivity contribution is -0.146. The largest absolute Gasteiger partial charge is 0.481 e. The number of rotatable bonds is 9. The highest BCUT2D eigenvalue weighted by Gasteiger charge is 2.18. The third-order valence-corrected chi connectivity index (χ3v) is 3.84. The topological polar surface area (TPSA) is 75.6 Å². The van der Waals surface area contributed by atoms with Crippen LogP contribution in [0.2, 0.25) is 5.02 Å². The van der Waals surface area contributed by atoms with E-state index in [-0.39, 0.29) is 19.4 Å². The van der Waals surface area contributed by atoms with E-state index in [0.717, 1.165) is 11.1 Å². The summed E-state index contributed by atoms with van der Waals surface area (Å²) in [6.07, 6.45) is -0.157. The minimum absolute atomic E-state index is 0.00722. The number of benzene rings is 2. The maximum atomic E-state index is 12.0. The third kappa shape index (κ3) is 7.37. The Balaban J connectivity index is 1.83. The quantitative estimate of drug-likeness (QED) is 0.669. The molecule has 0 saturated carbocycles. The molecule has 0 fully saturated rings. The van der Waals surface area contributed by atoms with E-state index in [1.54, 1.807) is 24.3 Å². The average molecular weight is 362 g/mol. The molecule has 0 unspecified atom stereocenters. The van der Waals surface area contributed by atoms with Crippen LogP contribution in [0.3, 0.4) is 0 Å². The lowest BCUT2D eigenvalue weighted by Gasteiger charge is -2.16. The molecule has 2 rings (SSSR count). The summed E-state index contributed by atoms with van der Waals surface area (Å²) < 4.78 is 5.22. The van der Waals surface area contributed by atoms with Crippen molar-refractivity contribution in [2.45, 2.75) is 32.0 Å². The summed E-state index contributed by atoms with van der Waals surface area (Å²) in [5, 5.41) is 12.7. The van der Waals surface area contributed by atoms with Gasteiger partial charge in [0.2, 0.25) is 0 Å². The number of carboxylic acid groups (broad SMARTS) is 1. The Morgan fingerprint density at radius 2 is 1.68 bits per heavy atom. The van der Waals surface area contributed by atoms with Gasteiger partial charge in [-0.3, -0.25) is 9.59 Å². The Morgan fingerprint density at radius 3 is 2.32 bits per heavy atom. The molecule has 0 saturated heterocycles. The molecule has 1 atom stereocenters. The Labute approximate surface area is 151 Å². The van der Waals surface area contributed by atoms with Crippen LogP contribution in [0.15, 0.2) is 54.6 Å². The summed E-state index contributed by atoms with van der Waals surface area (Å²) in [5.74, 6) is -1.40. The predicted octanol–water partition coefficient (Wildman–Crippen LogP) is 3.41. The van der Waals surface area contributed by atoms with E-state index in [9.17, 15) is 9.59 Å². The van der Waals surface area contributed by atoms with Crippen LogP contribution in [0, 0.1) is 0 Å². The molecule has 5 nitrogen and oxygen atoms in total. The number of hydrogen-bond acceptors (Lipinski definition) is 4. The molecule has 0 aliphatic rings. The van der Waals surface area contributed by atoms with Crippen molar-refractivity contribution in [2.24, 2.45) is 0 Å². The number of ether oxygens (including phenoxy) is 1. The zero-order valence-electron chi connectivity index (χ0n) is 13.7. The third-order valence-electron chi connectivity index (χ3n) is 3.58. The molecule has 0 aliphatic carbocycles. The first-order valence-corrected chi connectivity index (χ1v) is 8.30. The van der Waals surface area contributed by atoms with Crippen molar-refractivity contribution in [3.8, 4) is 0 Å². The van der Waals surface area contributed by atoms with Crippen molar-refractivity contribution in [2.75, 3.05) is 0 Å². The monoisotopic (exact) mass is 361 g/mol. The first-order valence-electron chi connectivity index (χ1n) is 7.92. The second-order valence-corrected chi connectivity index (χ2v) is 6.09. The van der Waals surface area contributed by atoms with Gasteiger partial charge in [-0.25, -0.2) is 0 Å². The molecule has 0 heterocycles. The second kappa shape index (κ2) is 9.81. The molecule has 2 aromatic carbocycles. The van der Waals surface area contributed by atoms with Crippen molar-refractivity contribution in [3.63, 3.8) is 0 Å². The molecule has 2 aromatic rings. The molecule has 6 heteroatoms. The molecule has 132 valence electrons. The number of hydrogen-bond donors (Lipinski definition) is 2. The molecular weight excluding hydrogens is 342 g/mol. The van der Waals surface area contributed by atoms with Crippen molar-refractivity contribution in [1.29, 1.82) is 0 Å². The molecule has 0 amide bonds. The van der Waals surface area contributed by atoms with Gasteiger partial charge in [-0.05, 0) is 23.3 Å². The summed E-state index contributed by atoms with van der Waals surface area (Å²) in [6.45, 7) is 0.623. The second-order valence-electron chi connectivity index (χ2n) is 5.65. The van der Waals surface area contributed by atoms with Gasteiger partial charge in [0.1, 0.15) is 6.61 Å². The predicted molar refractivity (Wildman–Crippen MR) is 95.2 cm³/mol. The minimum atomic E-state index is -0.962. The SMILES string of the molecule is O=C(O)C[C@H](CC(=O)OCc1ccc(Cl)cc1)NCc1ccccc1. The number of carbonyl (C=O) groups is 2. The van der Waals surface area contributed by atoms with Crippen LogP contribution in [-0.2, 0) is 27.5 Å². The standard InChI is InChI=1S/C19H20ClNO4/c20-16-8-6-15(7-9-16)13-25-19(24)11-17(10-18(22)23)21-12-14-4-2-1-3-5-14/h1-9,17,21H,10-13H2,(H,22,23)/t17-/m1/s1. The molecular formula is C19H20ClNO4. The fraction of sp³-hybridized carbons (Fsp3) is 0.263. The van der Waals surface area contributed by atoms with Gasteiger partial charge >= 0.3 is 11.9 Å². The summed E-state index contributed by atoms with van der Waals surface area (Å²) in [5.41, 5.74) is 1.84. The van der Waals surface area contributed by atoms with Gasteiger partial charge in [0.25, 0.3) is 0 Å². The fourth-order valence-electron chi connectivity index (χ4n) is 2.29. The van der Waals surface area contributed by atoms with Crippen LogP contribution in [0.5, 0.6) is 0 Å². The van der Waals surface area contributed by atoms with Gasteiger partial charge in [0.15, 0.2) is 0 Å². The van der Waals surface area contributed by atoms with Crippen molar-refractivity contribution in [3.05, 3.63) is 70.7 Å². The Hall–Kier alpha value is -2.37. The average Bonchev–Trinajstić information content (AvgIpc) is 2.59. The Bertz CT molecular complexity index is 688. The molecule has 0 radical (unpaired) electrons. The van der Waals surface area contributed by atoms with Gasteiger partial charge in [-0.1, -0.05) is 54.1 Å². The van der Waals surface area contributed by atoms with E-state index in [0.29, 0.717) is 11.6 Å². The van der Waals surface area contributed by atoms with Crippen molar-refractivity contribution >= 4 is 23.5 Å². The van der Waals surface area contributed by atoms with Crippen LogP contribution >= 0.6 is 11.6 Å². The van der Waals surface area contributed by atoms with E-state index < -0.39 is 18.0 Å². The van der Waals surface area contributed by atoms with Gasteiger partial charge in [0, 0.05) is 17.6 Å². The van der Waals surface area contributed by atoms with Crippen LogP contribution in [0.4, 0.5) is 0 Å². The number of carboxylic acids is 1. The summed E-state index contributed by atoms with van der Waals surface area (Å²) in [4.78, 5) is 23.0. The number of nitrogens with one attached hydrogen (secondary N) is 1. The van der Waals surface area contributed by atoms with Crippen LogP contribution in [0.1, 0.15) is 24.0 Å². The Kier molecular flexibility index (Phi) is 7.44. The lowest BCUT2D eigenvalue weighted by atomic mass is 10.1. The van der Waals surface area contributed by atoms with Crippen LogP contribution < -0.4 is 5.32 Å². The van der Waals surface area contributed by atoms with Crippen molar-refractivity contribution in [1.82, 2.24) is 5.32 Å². The maximum absolute atomic E-state index is 12.0. The lowest BCUT2D eigenvalue weighted by Crippen LogP contribution is -2.33.